The first kappa shape index (κ1) is 15.0. The largest absolute Gasteiger partial charge is 0.414 e. The molecular weight excluding hydrogens is 243 g/mol. The molecule has 0 fully saturated rings. The highest BCUT2D eigenvalue weighted by atomic mass is 19.4. The summed E-state index contributed by atoms with van der Waals surface area (Å²) in [6.07, 6.45) is -6.07. The molecule has 2 unspecified atom stereocenters. The van der Waals surface area contributed by atoms with Gasteiger partial charge < -0.3 is 10.1 Å². The van der Waals surface area contributed by atoms with Gasteiger partial charge in [0.25, 0.3) is 0 Å². The fourth-order valence-corrected chi connectivity index (χ4v) is 1.64. The van der Waals surface area contributed by atoms with Crippen LogP contribution < -0.4 is 5.32 Å². The standard InChI is InChI=1S/C13H18F3NO/c1-9-6-4-5-7-11(9)12(17-3)8-18-10(2)13(14,15)16/h4-7,10,12,17H,8H2,1-3H3. The average molecular weight is 261 g/mol. The lowest BCUT2D eigenvalue weighted by Crippen LogP contribution is -2.32. The minimum absolute atomic E-state index is 0.0119. The van der Waals surface area contributed by atoms with Crippen LogP contribution in [0.1, 0.15) is 24.1 Å². The number of alkyl halides is 3. The fraction of sp³-hybridized carbons (Fsp3) is 0.538. The number of hydrogen-bond donors (Lipinski definition) is 1. The summed E-state index contributed by atoms with van der Waals surface area (Å²) in [5.74, 6) is 0. The highest BCUT2D eigenvalue weighted by molar-refractivity contribution is 5.28. The smallest absolute Gasteiger partial charge is 0.367 e. The van der Waals surface area contributed by atoms with Crippen LogP contribution in [0.15, 0.2) is 24.3 Å². The first-order valence-electron chi connectivity index (χ1n) is 5.77. The molecule has 2 atom stereocenters. The summed E-state index contributed by atoms with van der Waals surface area (Å²) in [5.41, 5.74) is 1.98. The molecular formula is C13H18F3NO. The summed E-state index contributed by atoms with van der Waals surface area (Å²) in [5, 5.41) is 2.97. The van der Waals surface area contributed by atoms with Crippen molar-refractivity contribution in [1.29, 1.82) is 0 Å². The Kier molecular flexibility index (Phi) is 5.16. The molecule has 1 aromatic rings. The Morgan fingerprint density at radius 2 is 1.89 bits per heavy atom. The maximum Gasteiger partial charge on any atom is 0.414 e. The Morgan fingerprint density at radius 1 is 1.28 bits per heavy atom. The number of halogens is 3. The van der Waals surface area contributed by atoms with E-state index in [9.17, 15) is 13.2 Å². The van der Waals surface area contributed by atoms with Gasteiger partial charge in [-0.25, -0.2) is 0 Å². The predicted molar refractivity (Wildman–Crippen MR) is 64.4 cm³/mol. The minimum Gasteiger partial charge on any atom is -0.367 e. The molecule has 18 heavy (non-hydrogen) atoms. The SMILES string of the molecule is CNC(COC(C)C(F)(F)F)c1ccccc1C. The highest BCUT2D eigenvalue weighted by Crippen LogP contribution is 2.24. The second-order valence-electron chi connectivity index (χ2n) is 4.22. The molecule has 0 aliphatic rings. The van der Waals surface area contributed by atoms with Gasteiger partial charge in [-0.05, 0) is 32.0 Å². The van der Waals surface area contributed by atoms with Crippen molar-refractivity contribution in [1.82, 2.24) is 5.32 Å². The van der Waals surface area contributed by atoms with E-state index >= 15 is 0 Å². The molecule has 0 aromatic heterocycles. The zero-order valence-corrected chi connectivity index (χ0v) is 10.7. The lowest BCUT2D eigenvalue weighted by atomic mass is 10.0. The van der Waals surface area contributed by atoms with Gasteiger partial charge in [0.2, 0.25) is 0 Å². The number of hydrogen-bond acceptors (Lipinski definition) is 2. The molecule has 1 aromatic carbocycles. The molecule has 0 radical (unpaired) electrons. The topological polar surface area (TPSA) is 21.3 Å². The van der Waals surface area contributed by atoms with Gasteiger partial charge in [0, 0.05) is 0 Å². The van der Waals surface area contributed by atoms with E-state index in [0.717, 1.165) is 18.1 Å². The molecule has 0 bridgehead atoms. The molecule has 5 heteroatoms. The summed E-state index contributed by atoms with van der Waals surface area (Å²) >= 11 is 0. The summed E-state index contributed by atoms with van der Waals surface area (Å²) in [6.45, 7) is 2.93. The van der Waals surface area contributed by atoms with Gasteiger partial charge in [0.1, 0.15) is 0 Å². The Bertz CT molecular complexity index is 379. The molecule has 0 aliphatic carbocycles. The van der Waals surface area contributed by atoms with Crippen LogP contribution in [0.2, 0.25) is 0 Å². The van der Waals surface area contributed by atoms with E-state index in [1.807, 2.05) is 31.2 Å². The molecule has 2 nitrogen and oxygen atoms in total. The highest BCUT2D eigenvalue weighted by Gasteiger charge is 2.37. The summed E-state index contributed by atoms with van der Waals surface area (Å²) < 4.78 is 41.9. The summed E-state index contributed by atoms with van der Waals surface area (Å²) in [6, 6.07) is 7.33. The van der Waals surface area contributed by atoms with Crippen LogP contribution in [0.25, 0.3) is 0 Å². The predicted octanol–water partition coefficient (Wildman–Crippen LogP) is 3.22. The number of ether oxygens (including phenoxy) is 1. The molecule has 102 valence electrons. The zero-order chi connectivity index (χ0) is 13.8. The number of aryl methyl sites for hydroxylation is 1. The Hall–Kier alpha value is -1.07. The van der Waals surface area contributed by atoms with Crippen molar-refractivity contribution in [2.45, 2.75) is 32.2 Å². The van der Waals surface area contributed by atoms with Crippen LogP contribution in [-0.4, -0.2) is 25.9 Å². The second kappa shape index (κ2) is 6.20. The summed E-state index contributed by atoms with van der Waals surface area (Å²) in [7, 11) is 1.71. The third-order valence-electron chi connectivity index (χ3n) is 2.89. The van der Waals surface area contributed by atoms with E-state index in [1.165, 1.54) is 0 Å². The molecule has 0 aliphatic heterocycles. The zero-order valence-electron chi connectivity index (χ0n) is 10.7. The van der Waals surface area contributed by atoms with Crippen LogP contribution >= 0.6 is 0 Å². The first-order chi connectivity index (χ1) is 8.36. The molecule has 0 saturated heterocycles. The van der Waals surface area contributed by atoms with Crippen molar-refractivity contribution in [2.75, 3.05) is 13.7 Å². The Labute approximate surface area is 105 Å². The molecule has 1 rings (SSSR count). The summed E-state index contributed by atoms with van der Waals surface area (Å²) in [4.78, 5) is 0. The third kappa shape index (κ3) is 3.99. The lowest BCUT2D eigenvalue weighted by molar-refractivity contribution is -0.215. The van der Waals surface area contributed by atoms with Gasteiger partial charge in [-0.15, -0.1) is 0 Å². The molecule has 1 N–H and O–H groups in total. The van der Waals surface area contributed by atoms with E-state index in [2.05, 4.69) is 5.32 Å². The third-order valence-corrected chi connectivity index (χ3v) is 2.89. The monoisotopic (exact) mass is 261 g/mol. The maximum atomic E-state index is 12.3. The van der Waals surface area contributed by atoms with Gasteiger partial charge in [0.05, 0.1) is 12.6 Å². The molecule has 0 spiro atoms. The number of rotatable bonds is 5. The van der Waals surface area contributed by atoms with Crippen molar-refractivity contribution in [2.24, 2.45) is 0 Å². The molecule has 0 amide bonds. The van der Waals surface area contributed by atoms with E-state index in [4.69, 9.17) is 4.74 Å². The number of benzene rings is 1. The number of likely N-dealkylation sites (N-methyl/N-ethyl adjacent to an activating group) is 1. The first-order valence-corrected chi connectivity index (χ1v) is 5.77. The van der Waals surface area contributed by atoms with Crippen LogP contribution in [-0.2, 0) is 4.74 Å². The molecule has 0 saturated carbocycles. The van der Waals surface area contributed by atoms with Crippen molar-refractivity contribution >= 4 is 0 Å². The van der Waals surface area contributed by atoms with Crippen LogP contribution in [0.3, 0.4) is 0 Å². The minimum atomic E-state index is -4.32. The van der Waals surface area contributed by atoms with Gasteiger partial charge in [-0.2, -0.15) is 13.2 Å². The van der Waals surface area contributed by atoms with Crippen molar-refractivity contribution in [3.8, 4) is 0 Å². The fourth-order valence-electron chi connectivity index (χ4n) is 1.64. The van der Waals surface area contributed by atoms with E-state index in [1.54, 1.807) is 7.05 Å². The van der Waals surface area contributed by atoms with Crippen LogP contribution in [0.5, 0.6) is 0 Å². The van der Waals surface area contributed by atoms with Crippen molar-refractivity contribution < 1.29 is 17.9 Å². The maximum absolute atomic E-state index is 12.3. The molecule has 0 heterocycles. The normalized spacial score (nSPS) is 15.4. The van der Waals surface area contributed by atoms with Crippen LogP contribution in [0, 0.1) is 6.92 Å². The lowest BCUT2D eigenvalue weighted by Gasteiger charge is -2.22. The Balaban J connectivity index is 2.67. The number of nitrogens with one attached hydrogen (secondary N) is 1. The Morgan fingerprint density at radius 3 is 2.39 bits per heavy atom. The van der Waals surface area contributed by atoms with Gasteiger partial charge in [-0.3, -0.25) is 0 Å². The van der Waals surface area contributed by atoms with Crippen LogP contribution in [0.4, 0.5) is 13.2 Å². The van der Waals surface area contributed by atoms with E-state index < -0.39 is 12.3 Å². The van der Waals surface area contributed by atoms with Crippen molar-refractivity contribution in [3.05, 3.63) is 35.4 Å². The van der Waals surface area contributed by atoms with Gasteiger partial charge in [0.15, 0.2) is 6.10 Å². The van der Waals surface area contributed by atoms with Gasteiger partial charge >= 0.3 is 6.18 Å². The average Bonchev–Trinajstić information content (AvgIpc) is 2.30. The van der Waals surface area contributed by atoms with E-state index in [-0.39, 0.29) is 12.6 Å². The second-order valence-corrected chi connectivity index (χ2v) is 4.22. The van der Waals surface area contributed by atoms with Crippen molar-refractivity contribution in [3.63, 3.8) is 0 Å². The van der Waals surface area contributed by atoms with E-state index in [0.29, 0.717) is 0 Å². The quantitative estimate of drug-likeness (QED) is 0.878. The van der Waals surface area contributed by atoms with Gasteiger partial charge in [-0.1, -0.05) is 24.3 Å².